The molecule has 0 radical (unpaired) electrons. The highest BCUT2D eigenvalue weighted by atomic mass is 19.4. The van der Waals surface area contributed by atoms with Crippen LogP contribution in [0, 0.1) is 0 Å². The van der Waals surface area contributed by atoms with Gasteiger partial charge in [-0.1, -0.05) is 18.2 Å². The van der Waals surface area contributed by atoms with Crippen LogP contribution in [0.5, 0.6) is 5.75 Å². The zero-order valence-corrected chi connectivity index (χ0v) is 9.92. The summed E-state index contributed by atoms with van der Waals surface area (Å²) < 4.78 is 40.4. The van der Waals surface area contributed by atoms with Crippen molar-refractivity contribution in [2.75, 3.05) is 20.6 Å². The minimum absolute atomic E-state index is 0.0984. The van der Waals surface area contributed by atoms with E-state index in [0.29, 0.717) is 12.0 Å². The molecule has 0 N–H and O–H groups in total. The molecule has 1 rings (SSSR count). The third-order valence-electron chi connectivity index (χ3n) is 2.25. The second-order valence-electron chi connectivity index (χ2n) is 4.06. The summed E-state index contributed by atoms with van der Waals surface area (Å²) in [6.07, 6.45) is -3.26. The van der Waals surface area contributed by atoms with Crippen LogP contribution in [0.2, 0.25) is 0 Å². The highest BCUT2D eigenvalue weighted by Gasteiger charge is 2.31. The van der Waals surface area contributed by atoms with E-state index in [2.05, 4.69) is 4.74 Å². The molecule has 0 amide bonds. The van der Waals surface area contributed by atoms with Crippen molar-refractivity contribution in [1.29, 1.82) is 0 Å². The molecule has 0 heterocycles. The molecule has 0 unspecified atom stereocenters. The predicted molar refractivity (Wildman–Crippen MR) is 60.0 cm³/mol. The lowest BCUT2D eigenvalue weighted by molar-refractivity contribution is -0.274. The minimum atomic E-state index is -4.63. The molecule has 17 heavy (non-hydrogen) atoms. The van der Waals surface area contributed by atoms with E-state index >= 15 is 0 Å². The van der Waals surface area contributed by atoms with Crippen molar-refractivity contribution >= 4 is 0 Å². The molecule has 2 nitrogen and oxygen atoms in total. The van der Waals surface area contributed by atoms with Crippen molar-refractivity contribution in [2.24, 2.45) is 0 Å². The Bertz CT molecular complexity index is 350. The smallest absolute Gasteiger partial charge is 0.406 e. The predicted octanol–water partition coefficient (Wildman–Crippen LogP) is 3.08. The van der Waals surface area contributed by atoms with Crippen LogP contribution in [0.1, 0.15) is 12.0 Å². The van der Waals surface area contributed by atoms with Gasteiger partial charge in [-0.15, -0.1) is 13.2 Å². The summed E-state index contributed by atoms with van der Waals surface area (Å²) >= 11 is 0. The molecule has 0 saturated heterocycles. The summed E-state index contributed by atoms with van der Waals surface area (Å²) in [6.45, 7) is 0.834. The van der Waals surface area contributed by atoms with Gasteiger partial charge in [-0.3, -0.25) is 0 Å². The summed E-state index contributed by atoms with van der Waals surface area (Å²) in [7, 11) is 3.86. The summed E-state index contributed by atoms with van der Waals surface area (Å²) in [5, 5.41) is 0. The number of rotatable bonds is 5. The van der Waals surface area contributed by atoms with Gasteiger partial charge in [-0.05, 0) is 45.1 Å². The van der Waals surface area contributed by atoms with Crippen molar-refractivity contribution in [3.05, 3.63) is 29.8 Å². The molecule has 0 atom stereocenters. The minimum Gasteiger partial charge on any atom is -0.406 e. The van der Waals surface area contributed by atoms with Crippen LogP contribution < -0.4 is 4.74 Å². The Labute approximate surface area is 99.0 Å². The van der Waals surface area contributed by atoms with Gasteiger partial charge in [0.05, 0.1) is 0 Å². The van der Waals surface area contributed by atoms with E-state index in [9.17, 15) is 13.2 Å². The SMILES string of the molecule is CN(C)CCCc1ccccc1OC(F)(F)F. The first-order valence-electron chi connectivity index (χ1n) is 5.37. The molecule has 5 heteroatoms. The number of alkyl halides is 3. The fourth-order valence-electron chi connectivity index (χ4n) is 1.52. The molecule has 0 fully saturated rings. The van der Waals surface area contributed by atoms with E-state index in [0.717, 1.165) is 13.0 Å². The van der Waals surface area contributed by atoms with Crippen molar-refractivity contribution < 1.29 is 17.9 Å². The number of aryl methyl sites for hydroxylation is 1. The lowest BCUT2D eigenvalue weighted by Crippen LogP contribution is -2.18. The molecule has 0 spiro atoms. The molecule has 0 aliphatic carbocycles. The van der Waals surface area contributed by atoms with E-state index in [1.165, 1.54) is 12.1 Å². The van der Waals surface area contributed by atoms with Crippen molar-refractivity contribution in [1.82, 2.24) is 4.90 Å². The number of halogens is 3. The monoisotopic (exact) mass is 247 g/mol. The van der Waals surface area contributed by atoms with Crippen LogP contribution in [0.3, 0.4) is 0 Å². The Balaban J connectivity index is 2.64. The first-order valence-corrected chi connectivity index (χ1v) is 5.37. The molecule has 96 valence electrons. The van der Waals surface area contributed by atoms with Gasteiger partial charge in [0.2, 0.25) is 0 Å². The van der Waals surface area contributed by atoms with Gasteiger partial charge >= 0.3 is 6.36 Å². The number of hydrogen-bond acceptors (Lipinski definition) is 2. The van der Waals surface area contributed by atoms with E-state index < -0.39 is 6.36 Å². The second kappa shape index (κ2) is 5.91. The van der Waals surface area contributed by atoms with E-state index in [-0.39, 0.29) is 5.75 Å². The van der Waals surface area contributed by atoms with E-state index in [4.69, 9.17) is 0 Å². The Hall–Kier alpha value is -1.23. The quantitative estimate of drug-likeness (QED) is 0.792. The summed E-state index contributed by atoms with van der Waals surface area (Å²) in [5.74, 6) is -0.0984. The molecule has 0 aromatic heterocycles. The highest BCUT2D eigenvalue weighted by molar-refractivity contribution is 5.33. The lowest BCUT2D eigenvalue weighted by atomic mass is 10.1. The van der Waals surface area contributed by atoms with Crippen molar-refractivity contribution in [3.8, 4) is 5.75 Å². The van der Waals surface area contributed by atoms with Gasteiger partial charge in [-0.25, -0.2) is 0 Å². The standard InChI is InChI=1S/C12H16F3NO/c1-16(2)9-5-7-10-6-3-4-8-11(10)17-12(13,14)15/h3-4,6,8H,5,7,9H2,1-2H3. The molecule has 0 aliphatic heterocycles. The molecular weight excluding hydrogens is 231 g/mol. The Morgan fingerprint density at radius 2 is 1.82 bits per heavy atom. The summed E-state index contributed by atoms with van der Waals surface area (Å²) in [6, 6.07) is 6.26. The fourth-order valence-corrected chi connectivity index (χ4v) is 1.52. The normalized spacial score (nSPS) is 11.9. The third-order valence-corrected chi connectivity index (χ3v) is 2.25. The first kappa shape index (κ1) is 13.8. The number of hydrogen-bond donors (Lipinski definition) is 0. The maximum atomic E-state index is 12.1. The second-order valence-corrected chi connectivity index (χ2v) is 4.06. The zero-order chi connectivity index (χ0) is 12.9. The highest BCUT2D eigenvalue weighted by Crippen LogP contribution is 2.26. The van der Waals surface area contributed by atoms with Crippen LogP contribution in [0.15, 0.2) is 24.3 Å². The summed E-state index contributed by atoms with van der Waals surface area (Å²) in [4.78, 5) is 1.99. The van der Waals surface area contributed by atoms with Gasteiger partial charge in [0.1, 0.15) is 5.75 Å². The van der Waals surface area contributed by atoms with Crippen LogP contribution in [-0.4, -0.2) is 31.9 Å². The first-order chi connectivity index (χ1) is 7.88. The van der Waals surface area contributed by atoms with Gasteiger partial charge in [-0.2, -0.15) is 0 Å². The molecule has 0 bridgehead atoms. The fraction of sp³-hybridized carbons (Fsp3) is 0.500. The van der Waals surface area contributed by atoms with Gasteiger partial charge in [0.25, 0.3) is 0 Å². The maximum Gasteiger partial charge on any atom is 0.573 e. The topological polar surface area (TPSA) is 12.5 Å². The number of ether oxygens (including phenoxy) is 1. The number of para-hydroxylation sites is 1. The van der Waals surface area contributed by atoms with Gasteiger partial charge < -0.3 is 9.64 Å². The van der Waals surface area contributed by atoms with Crippen molar-refractivity contribution in [3.63, 3.8) is 0 Å². The number of benzene rings is 1. The lowest BCUT2D eigenvalue weighted by Gasteiger charge is -2.14. The van der Waals surface area contributed by atoms with Gasteiger partial charge in [0.15, 0.2) is 0 Å². The van der Waals surface area contributed by atoms with Crippen LogP contribution in [0.4, 0.5) is 13.2 Å². The average molecular weight is 247 g/mol. The Morgan fingerprint density at radius 3 is 2.41 bits per heavy atom. The Kier molecular flexibility index (Phi) is 4.81. The zero-order valence-electron chi connectivity index (χ0n) is 9.92. The van der Waals surface area contributed by atoms with Crippen molar-refractivity contribution in [2.45, 2.75) is 19.2 Å². The van der Waals surface area contributed by atoms with E-state index in [1.54, 1.807) is 12.1 Å². The maximum absolute atomic E-state index is 12.1. The largest absolute Gasteiger partial charge is 0.573 e. The Morgan fingerprint density at radius 1 is 1.18 bits per heavy atom. The van der Waals surface area contributed by atoms with E-state index in [1.807, 2.05) is 19.0 Å². The molecule has 0 aliphatic rings. The third kappa shape index (κ3) is 5.58. The van der Waals surface area contributed by atoms with Crippen LogP contribution in [-0.2, 0) is 6.42 Å². The van der Waals surface area contributed by atoms with Crippen LogP contribution in [0.25, 0.3) is 0 Å². The average Bonchev–Trinajstić information content (AvgIpc) is 2.17. The van der Waals surface area contributed by atoms with Gasteiger partial charge in [0, 0.05) is 0 Å². The molecule has 0 saturated carbocycles. The molecular formula is C12H16F3NO. The number of nitrogens with zero attached hydrogens (tertiary/aromatic N) is 1. The molecule has 1 aromatic rings. The molecule has 1 aromatic carbocycles. The van der Waals surface area contributed by atoms with Crippen LogP contribution >= 0.6 is 0 Å². The summed E-state index contributed by atoms with van der Waals surface area (Å²) in [5.41, 5.74) is 0.590.